The first-order valence-electron chi connectivity index (χ1n) is 9.37. The van der Waals surface area contributed by atoms with E-state index in [1.807, 2.05) is 43.3 Å². The zero-order valence-electron chi connectivity index (χ0n) is 15.9. The maximum atomic E-state index is 11.8. The number of anilines is 1. The van der Waals surface area contributed by atoms with Gasteiger partial charge in [-0.15, -0.1) is 0 Å². The highest BCUT2D eigenvalue weighted by atomic mass is 35.5. The molecule has 0 unspecified atom stereocenters. The summed E-state index contributed by atoms with van der Waals surface area (Å²) in [6, 6.07) is 15.7. The van der Waals surface area contributed by atoms with Gasteiger partial charge in [-0.1, -0.05) is 23.7 Å². The Morgan fingerprint density at radius 3 is 2.26 bits per heavy atom. The van der Waals surface area contributed by atoms with Crippen molar-refractivity contribution in [2.45, 2.75) is 31.8 Å². The van der Waals surface area contributed by atoms with E-state index in [-0.39, 0.29) is 11.6 Å². The lowest BCUT2D eigenvalue weighted by atomic mass is 9.85. The van der Waals surface area contributed by atoms with E-state index in [0.717, 1.165) is 43.1 Å². The van der Waals surface area contributed by atoms with Crippen LogP contribution < -0.4 is 4.90 Å². The van der Waals surface area contributed by atoms with Gasteiger partial charge in [0.1, 0.15) is 0 Å². The molecule has 0 atom stereocenters. The molecule has 1 aliphatic heterocycles. The molecule has 1 fully saturated rings. The standard InChI is InChI=1S/C22H26ClNO3/c1-3-27-21(25)18-6-10-20(11-7-18)24-14-12-22(26-2,13-15-24)16-17-4-8-19(23)9-5-17/h4-11H,3,12-16H2,1-2H3. The lowest BCUT2D eigenvalue weighted by molar-refractivity contribution is -0.0289. The highest BCUT2D eigenvalue weighted by Crippen LogP contribution is 2.32. The molecular formula is C22H26ClNO3. The normalized spacial score (nSPS) is 16.2. The van der Waals surface area contributed by atoms with E-state index in [4.69, 9.17) is 21.1 Å². The van der Waals surface area contributed by atoms with Crippen molar-refractivity contribution in [3.05, 3.63) is 64.7 Å². The molecule has 0 bridgehead atoms. The monoisotopic (exact) mass is 387 g/mol. The molecule has 1 heterocycles. The predicted octanol–water partition coefficient (Wildman–Crippen LogP) is 4.74. The van der Waals surface area contributed by atoms with Crippen LogP contribution in [0, 0.1) is 0 Å². The van der Waals surface area contributed by atoms with E-state index in [0.29, 0.717) is 12.2 Å². The highest BCUT2D eigenvalue weighted by molar-refractivity contribution is 6.30. The molecule has 1 aliphatic rings. The largest absolute Gasteiger partial charge is 0.462 e. The van der Waals surface area contributed by atoms with Crippen molar-refractivity contribution in [1.29, 1.82) is 0 Å². The van der Waals surface area contributed by atoms with E-state index in [1.165, 1.54) is 5.56 Å². The smallest absolute Gasteiger partial charge is 0.338 e. The molecule has 3 rings (SSSR count). The summed E-state index contributed by atoms with van der Waals surface area (Å²) >= 11 is 5.99. The number of ether oxygens (including phenoxy) is 2. The van der Waals surface area contributed by atoms with Gasteiger partial charge in [0.25, 0.3) is 0 Å². The number of hydrogen-bond donors (Lipinski definition) is 0. The van der Waals surface area contributed by atoms with Crippen LogP contribution in [0.4, 0.5) is 5.69 Å². The molecule has 0 aliphatic carbocycles. The van der Waals surface area contributed by atoms with Crippen LogP contribution in [-0.2, 0) is 15.9 Å². The van der Waals surface area contributed by atoms with Crippen molar-refractivity contribution in [3.63, 3.8) is 0 Å². The average Bonchev–Trinajstić information content (AvgIpc) is 2.71. The second-order valence-corrected chi connectivity index (χ2v) is 7.38. The van der Waals surface area contributed by atoms with Crippen LogP contribution in [0.15, 0.2) is 48.5 Å². The number of nitrogens with zero attached hydrogens (tertiary/aromatic N) is 1. The van der Waals surface area contributed by atoms with Crippen LogP contribution in [0.25, 0.3) is 0 Å². The maximum absolute atomic E-state index is 11.8. The van der Waals surface area contributed by atoms with E-state index in [2.05, 4.69) is 17.0 Å². The van der Waals surface area contributed by atoms with E-state index >= 15 is 0 Å². The predicted molar refractivity (Wildman–Crippen MR) is 109 cm³/mol. The van der Waals surface area contributed by atoms with Gasteiger partial charge in [-0.05, 0) is 61.7 Å². The van der Waals surface area contributed by atoms with Gasteiger partial charge >= 0.3 is 5.97 Å². The van der Waals surface area contributed by atoms with Gasteiger partial charge < -0.3 is 14.4 Å². The number of piperidine rings is 1. The Morgan fingerprint density at radius 1 is 1.07 bits per heavy atom. The number of halogens is 1. The maximum Gasteiger partial charge on any atom is 0.338 e. The summed E-state index contributed by atoms with van der Waals surface area (Å²) in [5.74, 6) is -0.274. The molecule has 5 heteroatoms. The van der Waals surface area contributed by atoms with Crippen molar-refractivity contribution in [1.82, 2.24) is 0 Å². The molecule has 0 N–H and O–H groups in total. The van der Waals surface area contributed by atoms with Crippen LogP contribution in [0.5, 0.6) is 0 Å². The SMILES string of the molecule is CCOC(=O)c1ccc(N2CCC(Cc3ccc(Cl)cc3)(OC)CC2)cc1. The number of carbonyl (C=O) groups excluding carboxylic acids is 1. The Labute approximate surface area is 166 Å². The van der Waals surface area contributed by atoms with Gasteiger partial charge in [-0.3, -0.25) is 0 Å². The molecule has 1 saturated heterocycles. The minimum absolute atomic E-state index is 0.144. The minimum Gasteiger partial charge on any atom is -0.462 e. The topological polar surface area (TPSA) is 38.8 Å². The molecule has 2 aromatic carbocycles. The molecule has 0 amide bonds. The fraction of sp³-hybridized carbons (Fsp3) is 0.409. The number of rotatable bonds is 6. The third kappa shape index (κ3) is 4.82. The first-order valence-corrected chi connectivity index (χ1v) is 9.75. The Morgan fingerprint density at radius 2 is 1.70 bits per heavy atom. The minimum atomic E-state index is -0.274. The van der Waals surface area contributed by atoms with Crippen LogP contribution >= 0.6 is 11.6 Å². The fourth-order valence-electron chi connectivity index (χ4n) is 3.62. The molecule has 2 aromatic rings. The summed E-state index contributed by atoms with van der Waals surface area (Å²) in [7, 11) is 1.81. The zero-order valence-corrected chi connectivity index (χ0v) is 16.7. The molecule has 0 radical (unpaired) electrons. The Balaban J connectivity index is 1.63. The summed E-state index contributed by atoms with van der Waals surface area (Å²) in [5.41, 5.74) is 2.81. The summed E-state index contributed by atoms with van der Waals surface area (Å²) in [5, 5.41) is 0.756. The van der Waals surface area contributed by atoms with E-state index < -0.39 is 0 Å². The fourth-order valence-corrected chi connectivity index (χ4v) is 3.75. The Hall–Kier alpha value is -2.04. The van der Waals surface area contributed by atoms with Crippen LogP contribution in [0.3, 0.4) is 0 Å². The number of carbonyl (C=O) groups is 1. The first kappa shape index (κ1) is 19.7. The van der Waals surface area contributed by atoms with Crippen LogP contribution in [0.1, 0.15) is 35.7 Å². The average molecular weight is 388 g/mol. The van der Waals surface area contributed by atoms with Crippen molar-refractivity contribution in [3.8, 4) is 0 Å². The molecule has 0 spiro atoms. The van der Waals surface area contributed by atoms with Crippen LogP contribution in [0.2, 0.25) is 5.02 Å². The summed E-state index contributed by atoms with van der Waals surface area (Å²) in [4.78, 5) is 14.1. The van der Waals surface area contributed by atoms with E-state index in [1.54, 1.807) is 7.11 Å². The number of hydrogen-bond acceptors (Lipinski definition) is 4. The molecule has 0 aromatic heterocycles. The van der Waals surface area contributed by atoms with Gasteiger partial charge in [0.05, 0.1) is 17.8 Å². The summed E-state index contributed by atoms with van der Waals surface area (Å²) in [6.07, 6.45) is 2.79. The van der Waals surface area contributed by atoms with Crippen molar-refractivity contribution in [2.24, 2.45) is 0 Å². The van der Waals surface area contributed by atoms with Gasteiger partial charge in [-0.25, -0.2) is 4.79 Å². The van der Waals surface area contributed by atoms with Crippen molar-refractivity contribution < 1.29 is 14.3 Å². The zero-order chi connectivity index (χ0) is 19.3. The lowest BCUT2D eigenvalue weighted by Gasteiger charge is -2.42. The molecule has 0 saturated carbocycles. The molecule has 144 valence electrons. The van der Waals surface area contributed by atoms with Gasteiger partial charge in [0.2, 0.25) is 0 Å². The van der Waals surface area contributed by atoms with E-state index in [9.17, 15) is 4.79 Å². The van der Waals surface area contributed by atoms with Crippen molar-refractivity contribution >= 4 is 23.3 Å². The quantitative estimate of drug-likeness (QED) is 0.671. The van der Waals surface area contributed by atoms with Gasteiger partial charge in [0, 0.05) is 37.3 Å². The number of esters is 1. The lowest BCUT2D eigenvalue weighted by Crippen LogP contribution is -2.47. The van der Waals surface area contributed by atoms with Gasteiger partial charge in [-0.2, -0.15) is 0 Å². The summed E-state index contributed by atoms with van der Waals surface area (Å²) < 4.78 is 11.0. The third-order valence-electron chi connectivity index (χ3n) is 5.29. The first-order chi connectivity index (χ1) is 13.0. The number of benzene rings is 2. The molecule has 4 nitrogen and oxygen atoms in total. The Bertz CT molecular complexity index is 750. The summed E-state index contributed by atoms with van der Waals surface area (Å²) in [6.45, 7) is 4.03. The Kier molecular flexibility index (Phi) is 6.40. The van der Waals surface area contributed by atoms with Crippen LogP contribution in [-0.4, -0.2) is 38.4 Å². The molecule has 27 heavy (non-hydrogen) atoms. The second-order valence-electron chi connectivity index (χ2n) is 6.94. The van der Waals surface area contributed by atoms with Gasteiger partial charge in [0.15, 0.2) is 0 Å². The second kappa shape index (κ2) is 8.77. The van der Waals surface area contributed by atoms with Crippen molar-refractivity contribution in [2.75, 3.05) is 31.7 Å². The molecular weight excluding hydrogens is 362 g/mol. The number of methoxy groups -OCH3 is 1. The third-order valence-corrected chi connectivity index (χ3v) is 5.54. The highest BCUT2D eigenvalue weighted by Gasteiger charge is 2.34.